The molecule has 0 saturated carbocycles. The lowest BCUT2D eigenvalue weighted by Gasteiger charge is -2.22. The van der Waals surface area contributed by atoms with Crippen molar-refractivity contribution in [2.45, 2.75) is 38.7 Å². The van der Waals surface area contributed by atoms with Crippen molar-refractivity contribution in [2.75, 3.05) is 18.5 Å². The molecule has 1 aromatic heterocycles. The molecule has 0 aromatic carbocycles. The van der Waals surface area contributed by atoms with Gasteiger partial charge in [-0.05, 0) is 50.3 Å². The fourth-order valence-corrected chi connectivity index (χ4v) is 2.03. The van der Waals surface area contributed by atoms with Gasteiger partial charge in [0.15, 0.2) is 0 Å². The number of aryl methyl sites for hydroxylation is 1. The van der Waals surface area contributed by atoms with E-state index in [-0.39, 0.29) is 0 Å². The molecule has 3 heteroatoms. The second-order valence-electron chi connectivity index (χ2n) is 4.42. The quantitative estimate of drug-likeness (QED) is 0.847. The standard InChI is InChI=1S/C13H20N2O/c1-11-5-7-14-13(10-11)15-8-6-12-4-2-3-9-16-12/h5,7,10,12H,2-4,6,8-9H2,1H3,(H,14,15). The lowest BCUT2D eigenvalue weighted by Crippen LogP contribution is -2.22. The predicted octanol–water partition coefficient (Wildman–Crippen LogP) is 2.76. The van der Waals surface area contributed by atoms with Gasteiger partial charge in [-0.3, -0.25) is 0 Å². The zero-order valence-electron chi connectivity index (χ0n) is 9.91. The number of nitrogens with zero attached hydrogens (tertiary/aromatic N) is 1. The summed E-state index contributed by atoms with van der Waals surface area (Å²) in [6.45, 7) is 3.96. The summed E-state index contributed by atoms with van der Waals surface area (Å²) in [7, 11) is 0. The normalized spacial score (nSPS) is 20.7. The molecule has 1 fully saturated rings. The first kappa shape index (κ1) is 11.4. The second-order valence-corrected chi connectivity index (χ2v) is 4.42. The predicted molar refractivity (Wildman–Crippen MR) is 65.7 cm³/mol. The maximum absolute atomic E-state index is 5.68. The van der Waals surface area contributed by atoms with Gasteiger partial charge in [0.05, 0.1) is 6.10 Å². The van der Waals surface area contributed by atoms with E-state index in [0.717, 1.165) is 25.4 Å². The molecule has 1 atom stereocenters. The maximum atomic E-state index is 5.68. The van der Waals surface area contributed by atoms with E-state index in [1.165, 1.54) is 24.8 Å². The van der Waals surface area contributed by atoms with E-state index >= 15 is 0 Å². The van der Waals surface area contributed by atoms with E-state index in [1.807, 2.05) is 12.3 Å². The van der Waals surface area contributed by atoms with Crippen LogP contribution in [-0.2, 0) is 4.74 Å². The average molecular weight is 220 g/mol. The van der Waals surface area contributed by atoms with Crippen molar-refractivity contribution in [2.24, 2.45) is 0 Å². The van der Waals surface area contributed by atoms with E-state index in [0.29, 0.717) is 6.10 Å². The molecule has 2 heterocycles. The minimum absolute atomic E-state index is 0.450. The topological polar surface area (TPSA) is 34.2 Å². The van der Waals surface area contributed by atoms with Gasteiger partial charge in [-0.2, -0.15) is 0 Å². The summed E-state index contributed by atoms with van der Waals surface area (Å²) in [6, 6.07) is 4.08. The Bertz CT molecular complexity index is 321. The van der Waals surface area contributed by atoms with Crippen molar-refractivity contribution in [3.63, 3.8) is 0 Å². The Morgan fingerprint density at radius 3 is 3.19 bits per heavy atom. The number of rotatable bonds is 4. The highest BCUT2D eigenvalue weighted by atomic mass is 16.5. The molecule has 0 radical (unpaired) electrons. The third-order valence-corrected chi connectivity index (χ3v) is 2.96. The van der Waals surface area contributed by atoms with Gasteiger partial charge in [0, 0.05) is 19.3 Å². The van der Waals surface area contributed by atoms with Crippen LogP contribution in [-0.4, -0.2) is 24.2 Å². The number of nitrogens with one attached hydrogen (secondary N) is 1. The monoisotopic (exact) mass is 220 g/mol. The summed E-state index contributed by atoms with van der Waals surface area (Å²) in [5, 5.41) is 3.34. The van der Waals surface area contributed by atoms with E-state index in [4.69, 9.17) is 4.74 Å². The zero-order chi connectivity index (χ0) is 11.2. The summed E-state index contributed by atoms with van der Waals surface area (Å²) in [5.41, 5.74) is 1.24. The van der Waals surface area contributed by atoms with Crippen LogP contribution in [0.5, 0.6) is 0 Å². The lowest BCUT2D eigenvalue weighted by atomic mass is 10.1. The molecule has 2 rings (SSSR count). The molecule has 0 amide bonds. The van der Waals surface area contributed by atoms with Crippen LogP contribution in [0.2, 0.25) is 0 Å². The summed E-state index contributed by atoms with van der Waals surface area (Å²) < 4.78 is 5.68. The van der Waals surface area contributed by atoms with E-state index in [2.05, 4.69) is 23.3 Å². The molecule has 0 spiro atoms. The number of hydrogen-bond acceptors (Lipinski definition) is 3. The van der Waals surface area contributed by atoms with E-state index < -0.39 is 0 Å². The smallest absolute Gasteiger partial charge is 0.126 e. The van der Waals surface area contributed by atoms with Crippen LogP contribution < -0.4 is 5.32 Å². The summed E-state index contributed by atoms with van der Waals surface area (Å²) in [6.07, 6.45) is 7.12. The minimum Gasteiger partial charge on any atom is -0.378 e. The van der Waals surface area contributed by atoms with Gasteiger partial charge in [0.2, 0.25) is 0 Å². The Kier molecular flexibility index (Phi) is 4.17. The molecular weight excluding hydrogens is 200 g/mol. The Labute approximate surface area is 97.2 Å². The minimum atomic E-state index is 0.450. The Morgan fingerprint density at radius 1 is 1.50 bits per heavy atom. The summed E-state index contributed by atoms with van der Waals surface area (Å²) in [5.74, 6) is 0.968. The molecule has 88 valence electrons. The van der Waals surface area contributed by atoms with E-state index in [1.54, 1.807) is 0 Å². The SMILES string of the molecule is Cc1ccnc(NCCC2CCCCO2)c1. The first-order valence-electron chi connectivity index (χ1n) is 6.13. The van der Waals surface area contributed by atoms with Gasteiger partial charge < -0.3 is 10.1 Å². The molecule has 1 unspecified atom stereocenters. The number of pyridine rings is 1. The highest BCUT2D eigenvalue weighted by molar-refractivity contribution is 5.36. The molecule has 1 saturated heterocycles. The van der Waals surface area contributed by atoms with Crippen molar-refractivity contribution in [1.29, 1.82) is 0 Å². The largest absolute Gasteiger partial charge is 0.378 e. The van der Waals surface area contributed by atoms with Crippen LogP contribution >= 0.6 is 0 Å². The van der Waals surface area contributed by atoms with Gasteiger partial charge in [-0.15, -0.1) is 0 Å². The van der Waals surface area contributed by atoms with Gasteiger partial charge in [0.25, 0.3) is 0 Å². The highest BCUT2D eigenvalue weighted by Gasteiger charge is 2.12. The van der Waals surface area contributed by atoms with Crippen LogP contribution in [0.3, 0.4) is 0 Å². The molecule has 0 aliphatic carbocycles. The first-order chi connectivity index (χ1) is 7.84. The molecule has 3 nitrogen and oxygen atoms in total. The third-order valence-electron chi connectivity index (χ3n) is 2.96. The third kappa shape index (κ3) is 3.49. The Morgan fingerprint density at radius 2 is 2.44 bits per heavy atom. The van der Waals surface area contributed by atoms with Gasteiger partial charge in [-0.25, -0.2) is 4.98 Å². The van der Waals surface area contributed by atoms with Crippen molar-refractivity contribution < 1.29 is 4.74 Å². The molecule has 1 aliphatic rings. The molecule has 0 bridgehead atoms. The number of hydrogen-bond donors (Lipinski definition) is 1. The molecule has 1 aliphatic heterocycles. The van der Waals surface area contributed by atoms with Crippen molar-refractivity contribution in [1.82, 2.24) is 4.98 Å². The van der Waals surface area contributed by atoms with Gasteiger partial charge in [-0.1, -0.05) is 0 Å². The van der Waals surface area contributed by atoms with Crippen LogP contribution in [0, 0.1) is 6.92 Å². The maximum Gasteiger partial charge on any atom is 0.126 e. The molecule has 1 aromatic rings. The van der Waals surface area contributed by atoms with Crippen molar-refractivity contribution >= 4 is 5.82 Å². The Hall–Kier alpha value is -1.09. The number of aromatic nitrogens is 1. The highest BCUT2D eigenvalue weighted by Crippen LogP contribution is 2.15. The Balaban J connectivity index is 1.71. The molecule has 16 heavy (non-hydrogen) atoms. The first-order valence-corrected chi connectivity index (χ1v) is 6.13. The van der Waals surface area contributed by atoms with Crippen LogP contribution in [0.25, 0.3) is 0 Å². The summed E-state index contributed by atoms with van der Waals surface area (Å²) in [4.78, 5) is 4.27. The van der Waals surface area contributed by atoms with E-state index in [9.17, 15) is 0 Å². The second kappa shape index (κ2) is 5.85. The van der Waals surface area contributed by atoms with Crippen molar-refractivity contribution in [3.05, 3.63) is 23.9 Å². The molecule has 1 N–H and O–H groups in total. The van der Waals surface area contributed by atoms with Crippen LogP contribution in [0.15, 0.2) is 18.3 Å². The zero-order valence-corrected chi connectivity index (χ0v) is 9.91. The fourth-order valence-electron chi connectivity index (χ4n) is 2.03. The number of anilines is 1. The lowest BCUT2D eigenvalue weighted by molar-refractivity contribution is 0.0134. The average Bonchev–Trinajstić information content (AvgIpc) is 2.30. The van der Waals surface area contributed by atoms with Crippen LogP contribution in [0.1, 0.15) is 31.2 Å². The fraction of sp³-hybridized carbons (Fsp3) is 0.615. The number of ether oxygens (including phenoxy) is 1. The van der Waals surface area contributed by atoms with Crippen LogP contribution in [0.4, 0.5) is 5.82 Å². The molecular formula is C13H20N2O. The van der Waals surface area contributed by atoms with Gasteiger partial charge in [0.1, 0.15) is 5.82 Å². The van der Waals surface area contributed by atoms with Gasteiger partial charge >= 0.3 is 0 Å². The van der Waals surface area contributed by atoms with Crippen molar-refractivity contribution in [3.8, 4) is 0 Å². The summed E-state index contributed by atoms with van der Waals surface area (Å²) >= 11 is 0.